The van der Waals surface area contributed by atoms with Gasteiger partial charge in [-0.15, -0.1) is 0 Å². The highest BCUT2D eigenvalue weighted by Gasteiger charge is 2.06. The molecule has 0 atom stereocenters. The molecule has 0 radical (unpaired) electrons. The van der Waals surface area contributed by atoms with Crippen molar-refractivity contribution in [1.82, 2.24) is 25.1 Å². The highest BCUT2D eigenvalue weighted by Crippen LogP contribution is 2.22. The zero-order valence-electron chi connectivity index (χ0n) is 14.8. The standard InChI is InChI=1S/C20H18N6O/c1-27-17-7-5-16(6-8-17)24-20-21-10-9-18(25-20)15-4-2-3-14(11-15)12-19-22-13-23-26-19/h2-11,13H,12H2,1H3,(H,21,24,25)(H,22,23,26). The van der Waals surface area contributed by atoms with Crippen molar-refractivity contribution in [3.05, 3.63) is 78.5 Å². The van der Waals surface area contributed by atoms with Gasteiger partial charge in [0.25, 0.3) is 0 Å². The second-order valence-electron chi connectivity index (χ2n) is 5.91. The number of hydrogen-bond donors (Lipinski definition) is 2. The number of H-pyrrole nitrogens is 1. The quantitative estimate of drug-likeness (QED) is 0.547. The molecule has 2 aromatic heterocycles. The van der Waals surface area contributed by atoms with Gasteiger partial charge >= 0.3 is 0 Å². The molecule has 0 aliphatic rings. The third-order valence-electron chi connectivity index (χ3n) is 4.05. The molecule has 0 bridgehead atoms. The Bertz CT molecular complexity index is 1010. The molecule has 4 aromatic rings. The second kappa shape index (κ2) is 7.65. The highest BCUT2D eigenvalue weighted by atomic mass is 16.5. The minimum Gasteiger partial charge on any atom is -0.497 e. The van der Waals surface area contributed by atoms with Crippen LogP contribution in [0.5, 0.6) is 5.75 Å². The number of rotatable bonds is 6. The molecule has 0 spiro atoms. The van der Waals surface area contributed by atoms with Crippen molar-refractivity contribution in [2.75, 3.05) is 12.4 Å². The molecule has 2 aromatic carbocycles. The Morgan fingerprint density at radius 2 is 1.93 bits per heavy atom. The molecule has 0 unspecified atom stereocenters. The molecule has 2 heterocycles. The lowest BCUT2D eigenvalue weighted by Crippen LogP contribution is -1.98. The first-order valence-corrected chi connectivity index (χ1v) is 8.48. The summed E-state index contributed by atoms with van der Waals surface area (Å²) in [5.41, 5.74) is 3.88. The Morgan fingerprint density at radius 3 is 2.70 bits per heavy atom. The number of nitrogens with one attached hydrogen (secondary N) is 2. The van der Waals surface area contributed by atoms with Gasteiger partial charge in [0.05, 0.1) is 12.8 Å². The fraction of sp³-hybridized carbons (Fsp3) is 0.100. The fourth-order valence-electron chi connectivity index (χ4n) is 2.73. The Labute approximate surface area is 156 Å². The molecule has 27 heavy (non-hydrogen) atoms. The van der Waals surface area contributed by atoms with E-state index in [-0.39, 0.29) is 0 Å². The van der Waals surface area contributed by atoms with Crippen LogP contribution in [0.4, 0.5) is 11.6 Å². The SMILES string of the molecule is COc1ccc(Nc2nccc(-c3cccc(Cc4nc[nH]n4)c3)n2)cc1. The summed E-state index contributed by atoms with van der Waals surface area (Å²) in [7, 11) is 1.64. The number of ether oxygens (including phenoxy) is 1. The molecule has 0 fully saturated rings. The molecule has 0 saturated carbocycles. The van der Waals surface area contributed by atoms with Crippen LogP contribution >= 0.6 is 0 Å². The summed E-state index contributed by atoms with van der Waals surface area (Å²) in [6, 6.07) is 17.7. The lowest BCUT2D eigenvalue weighted by molar-refractivity contribution is 0.415. The summed E-state index contributed by atoms with van der Waals surface area (Å²) in [5, 5.41) is 10.1. The van der Waals surface area contributed by atoms with Crippen molar-refractivity contribution < 1.29 is 4.74 Å². The van der Waals surface area contributed by atoms with Crippen LogP contribution in [0.15, 0.2) is 67.1 Å². The van der Waals surface area contributed by atoms with Crippen molar-refractivity contribution in [2.24, 2.45) is 0 Å². The number of nitrogens with zero attached hydrogens (tertiary/aromatic N) is 4. The van der Waals surface area contributed by atoms with E-state index < -0.39 is 0 Å². The zero-order chi connectivity index (χ0) is 18.5. The van der Waals surface area contributed by atoms with Gasteiger partial charge in [0.2, 0.25) is 5.95 Å². The molecule has 7 heteroatoms. The summed E-state index contributed by atoms with van der Waals surface area (Å²) in [4.78, 5) is 13.1. The van der Waals surface area contributed by atoms with E-state index in [1.807, 2.05) is 42.5 Å². The van der Waals surface area contributed by atoms with Gasteiger partial charge in [-0.05, 0) is 42.0 Å². The maximum absolute atomic E-state index is 5.18. The molecule has 7 nitrogen and oxygen atoms in total. The van der Waals surface area contributed by atoms with Gasteiger partial charge in [0.1, 0.15) is 12.1 Å². The van der Waals surface area contributed by atoms with E-state index >= 15 is 0 Å². The lowest BCUT2D eigenvalue weighted by atomic mass is 10.1. The Balaban J connectivity index is 1.54. The minimum atomic E-state index is 0.539. The summed E-state index contributed by atoms with van der Waals surface area (Å²) >= 11 is 0. The topological polar surface area (TPSA) is 88.6 Å². The maximum Gasteiger partial charge on any atom is 0.227 e. The van der Waals surface area contributed by atoms with Crippen molar-refractivity contribution >= 4 is 11.6 Å². The molecular formula is C20H18N6O. The van der Waals surface area contributed by atoms with Crippen molar-refractivity contribution in [2.45, 2.75) is 6.42 Å². The third-order valence-corrected chi connectivity index (χ3v) is 4.05. The monoisotopic (exact) mass is 358 g/mol. The molecule has 2 N–H and O–H groups in total. The van der Waals surface area contributed by atoms with Crippen LogP contribution in [-0.2, 0) is 6.42 Å². The Kier molecular flexibility index (Phi) is 4.74. The van der Waals surface area contributed by atoms with Gasteiger partial charge in [0, 0.05) is 23.9 Å². The van der Waals surface area contributed by atoms with Gasteiger partial charge in [-0.25, -0.2) is 15.0 Å². The largest absolute Gasteiger partial charge is 0.497 e. The fourth-order valence-corrected chi connectivity index (χ4v) is 2.73. The average Bonchev–Trinajstić information content (AvgIpc) is 3.22. The normalized spacial score (nSPS) is 10.6. The number of benzene rings is 2. The Morgan fingerprint density at radius 1 is 1.04 bits per heavy atom. The van der Waals surface area contributed by atoms with E-state index in [1.54, 1.807) is 19.6 Å². The predicted octanol–water partition coefficient (Wildman–Crippen LogP) is 3.60. The molecule has 0 amide bonds. The number of methoxy groups -OCH3 is 1. The highest BCUT2D eigenvalue weighted by molar-refractivity contribution is 5.63. The molecule has 0 aliphatic heterocycles. The Hall–Kier alpha value is -3.74. The molecule has 134 valence electrons. The summed E-state index contributed by atoms with van der Waals surface area (Å²) in [6.45, 7) is 0. The van der Waals surface area contributed by atoms with Crippen molar-refractivity contribution in [3.8, 4) is 17.0 Å². The first kappa shape index (κ1) is 16.7. The van der Waals surface area contributed by atoms with Gasteiger partial charge in [-0.1, -0.05) is 18.2 Å². The van der Waals surface area contributed by atoms with Crippen LogP contribution in [0.1, 0.15) is 11.4 Å². The maximum atomic E-state index is 5.18. The van der Waals surface area contributed by atoms with Crippen LogP contribution in [0.25, 0.3) is 11.3 Å². The van der Waals surface area contributed by atoms with E-state index in [2.05, 4.69) is 42.6 Å². The van der Waals surface area contributed by atoms with Crippen LogP contribution in [-0.4, -0.2) is 32.3 Å². The first-order valence-electron chi connectivity index (χ1n) is 8.48. The predicted molar refractivity (Wildman–Crippen MR) is 103 cm³/mol. The number of aromatic nitrogens is 5. The molecule has 4 rings (SSSR count). The minimum absolute atomic E-state index is 0.539. The number of anilines is 2. The number of hydrogen-bond acceptors (Lipinski definition) is 6. The van der Waals surface area contributed by atoms with Crippen molar-refractivity contribution in [3.63, 3.8) is 0 Å². The van der Waals surface area contributed by atoms with Crippen LogP contribution in [0, 0.1) is 0 Å². The average molecular weight is 358 g/mol. The second-order valence-corrected chi connectivity index (χ2v) is 5.91. The van der Waals surface area contributed by atoms with E-state index in [0.29, 0.717) is 12.4 Å². The van der Waals surface area contributed by atoms with E-state index in [1.165, 1.54) is 0 Å². The summed E-state index contributed by atoms with van der Waals surface area (Å²) in [6.07, 6.45) is 4.00. The smallest absolute Gasteiger partial charge is 0.227 e. The van der Waals surface area contributed by atoms with Crippen molar-refractivity contribution in [1.29, 1.82) is 0 Å². The zero-order valence-corrected chi connectivity index (χ0v) is 14.8. The molecule has 0 aliphatic carbocycles. The van der Waals surface area contributed by atoms with Crippen LogP contribution in [0.3, 0.4) is 0 Å². The first-order chi connectivity index (χ1) is 13.3. The van der Waals surface area contributed by atoms with E-state index in [4.69, 9.17) is 4.74 Å². The molecule has 0 saturated heterocycles. The van der Waals surface area contributed by atoms with Gasteiger partial charge < -0.3 is 10.1 Å². The van der Waals surface area contributed by atoms with Gasteiger partial charge in [-0.3, -0.25) is 5.10 Å². The van der Waals surface area contributed by atoms with E-state index in [9.17, 15) is 0 Å². The summed E-state index contributed by atoms with van der Waals surface area (Å²) in [5.74, 6) is 2.10. The molecular weight excluding hydrogens is 340 g/mol. The summed E-state index contributed by atoms with van der Waals surface area (Å²) < 4.78 is 5.18. The van der Waals surface area contributed by atoms with Crippen LogP contribution < -0.4 is 10.1 Å². The number of aromatic amines is 1. The van der Waals surface area contributed by atoms with Gasteiger partial charge in [0.15, 0.2) is 5.82 Å². The lowest BCUT2D eigenvalue weighted by Gasteiger charge is -2.08. The third kappa shape index (κ3) is 4.09. The van der Waals surface area contributed by atoms with E-state index in [0.717, 1.165) is 34.1 Å². The van der Waals surface area contributed by atoms with Crippen LogP contribution in [0.2, 0.25) is 0 Å². The van der Waals surface area contributed by atoms with Gasteiger partial charge in [-0.2, -0.15) is 5.10 Å².